The predicted molar refractivity (Wildman–Crippen MR) is 65.2 cm³/mol. The zero-order valence-corrected chi connectivity index (χ0v) is 10.3. The molecule has 1 aliphatic heterocycles. The zero-order chi connectivity index (χ0) is 13.3. The van der Waals surface area contributed by atoms with E-state index in [1.165, 1.54) is 23.1 Å². The highest BCUT2D eigenvalue weighted by atomic mass is 16.2. The highest BCUT2D eigenvalue weighted by molar-refractivity contribution is 5.98. The fourth-order valence-corrected chi connectivity index (χ4v) is 1.97. The Bertz CT molecular complexity index is 547. The third kappa shape index (κ3) is 2.01. The van der Waals surface area contributed by atoms with Crippen LogP contribution in [0.5, 0.6) is 0 Å². The molecule has 18 heavy (non-hydrogen) atoms. The van der Waals surface area contributed by atoms with Crippen molar-refractivity contribution in [1.29, 1.82) is 0 Å². The van der Waals surface area contributed by atoms with Crippen LogP contribution in [-0.4, -0.2) is 40.3 Å². The molecule has 0 aliphatic carbocycles. The summed E-state index contributed by atoms with van der Waals surface area (Å²) < 4.78 is 0. The Morgan fingerprint density at radius 1 is 1.33 bits per heavy atom. The predicted octanol–water partition coefficient (Wildman–Crippen LogP) is -0.275. The molecule has 2 N–H and O–H groups in total. The van der Waals surface area contributed by atoms with Crippen LogP contribution < -0.4 is 10.9 Å². The SMILES string of the molecule is CC1(C)C(=O)NCCN1C(=O)c1cccc(=O)[nH]1. The van der Waals surface area contributed by atoms with Crippen LogP contribution in [0.4, 0.5) is 0 Å². The van der Waals surface area contributed by atoms with Crippen LogP contribution in [0.3, 0.4) is 0 Å². The van der Waals surface area contributed by atoms with Gasteiger partial charge in [-0.25, -0.2) is 0 Å². The molecule has 1 aromatic rings. The number of amides is 2. The third-order valence-electron chi connectivity index (χ3n) is 3.10. The lowest BCUT2D eigenvalue weighted by atomic mass is 9.98. The van der Waals surface area contributed by atoms with Crippen molar-refractivity contribution in [2.45, 2.75) is 19.4 Å². The van der Waals surface area contributed by atoms with E-state index < -0.39 is 5.54 Å². The van der Waals surface area contributed by atoms with Gasteiger partial charge in [-0.3, -0.25) is 14.4 Å². The van der Waals surface area contributed by atoms with Gasteiger partial charge in [-0.2, -0.15) is 0 Å². The Morgan fingerprint density at radius 3 is 2.72 bits per heavy atom. The van der Waals surface area contributed by atoms with Gasteiger partial charge in [-0.15, -0.1) is 0 Å². The van der Waals surface area contributed by atoms with Crippen LogP contribution in [0, 0.1) is 0 Å². The first-order chi connectivity index (χ1) is 8.43. The number of pyridine rings is 1. The summed E-state index contributed by atoms with van der Waals surface area (Å²) >= 11 is 0. The second-order valence-electron chi connectivity index (χ2n) is 4.70. The summed E-state index contributed by atoms with van der Waals surface area (Å²) in [6.45, 7) is 4.21. The molecule has 0 atom stereocenters. The number of nitrogens with one attached hydrogen (secondary N) is 2. The molecule has 0 radical (unpaired) electrons. The number of carbonyl (C=O) groups is 2. The molecule has 1 aromatic heterocycles. The quantitative estimate of drug-likeness (QED) is 0.718. The second-order valence-corrected chi connectivity index (χ2v) is 4.70. The lowest BCUT2D eigenvalue weighted by Crippen LogP contribution is -2.63. The van der Waals surface area contributed by atoms with E-state index in [9.17, 15) is 14.4 Å². The minimum absolute atomic E-state index is 0.194. The van der Waals surface area contributed by atoms with E-state index in [0.29, 0.717) is 13.1 Å². The molecule has 0 aromatic carbocycles. The summed E-state index contributed by atoms with van der Waals surface area (Å²) in [4.78, 5) is 39.2. The average Bonchev–Trinajstić information content (AvgIpc) is 2.32. The molecule has 0 spiro atoms. The van der Waals surface area contributed by atoms with E-state index in [4.69, 9.17) is 0 Å². The van der Waals surface area contributed by atoms with Crippen LogP contribution in [0.2, 0.25) is 0 Å². The Kier molecular flexibility index (Phi) is 2.94. The maximum absolute atomic E-state index is 12.3. The summed E-state index contributed by atoms with van der Waals surface area (Å²) in [6.07, 6.45) is 0. The number of rotatable bonds is 1. The first kappa shape index (κ1) is 12.3. The van der Waals surface area contributed by atoms with Gasteiger partial charge in [-0.05, 0) is 19.9 Å². The van der Waals surface area contributed by atoms with E-state index in [2.05, 4.69) is 10.3 Å². The number of hydrogen-bond acceptors (Lipinski definition) is 3. The summed E-state index contributed by atoms with van der Waals surface area (Å²) in [5.74, 6) is -0.534. The molecule has 6 heteroatoms. The van der Waals surface area contributed by atoms with E-state index in [0.717, 1.165) is 0 Å². The second kappa shape index (κ2) is 4.29. The molecule has 6 nitrogen and oxygen atoms in total. The number of hydrogen-bond donors (Lipinski definition) is 2. The zero-order valence-electron chi connectivity index (χ0n) is 10.3. The maximum atomic E-state index is 12.3. The average molecular weight is 249 g/mol. The van der Waals surface area contributed by atoms with Gasteiger partial charge in [0.05, 0.1) is 0 Å². The van der Waals surface area contributed by atoms with Gasteiger partial charge in [0.15, 0.2) is 0 Å². The van der Waals surface area contributed by atoms with Gasteiger partial charge in [0.1, 0.15) is 11.2 Å². The number of aromatic nitrogens is 1. The Hall–Kier alpha value is -2.11. The molecule has 0 unspecified atom stereocenters. The highest BCUT2D eigenvalue weighted by Gasteiger charge is 2.40. The monoisotopic (exact) mass is 249 g/mol. The summed E-state index contributed by atoms with van der Waals surface area (Å²) in [5.41, 5.74) is -1.05. The van der Waals surface area contributed by atoms with E-state index in [1.54, 1.807) is 13.8 Å². The van der Waals surface area contributed by atoms with Crippen molar-refractivity contribution in [3.8, 4) is 0 Å². The van der Waals surface area contributed by atoms with E-state index in [-0.39, 0.29) is 23.1 Å². The highest BCUT2D eigenvalue weighted by Crippen LogP contribution is 2.19. The largest absolute Gasteiger partial charge is 0.352 e. The summed E-state index contributed by atoms with van der Waals surface area (Å²) in [6, 6.07) is 4.39. The van der Waals surface area contributed by atoms with Crippen LogP contribution in [0.1, 0.15) is 24.3 Å². The number of H-pyrrole nitrogens is 1. The van der Waals surface area contributed by atoms with Crippen LogP contribution in [-0.2, 0) is 4.79 Å². The Balaban J connectivity index is 2.34. The summed E-state index contributed by atoms with van der Waals surface area (Å²) in [7, 11) is 0. The van der Waals surface area contributed by atoms with E-state index in [1.807, 2.05) is 0 Å². The molecule has 2 rings (SSSR count). The smallest absolute Gasteiger partial charge is 0.271 e. The first-order valence-electron chi connectivity index (χ1n) is 5.72. The number of carbonyl (C=O) groups excluding carboxylic acids is 2. The minimum Gasteiger partial charge on any atom is -0.352 e. The molecule has 96 valence electrons. The van der Waals surface area contributed by atoms with Gasteiger partial charge in [0.2, 0.25) is 11.5 Å². The van der Waals surface area contributed by atoms with Crippen molar-refractivity contribution in [2.24, 2.45) is 0 Å². The van der Waals surface area contributed by atoms with Crippen molar-refractivity contribution in [3.63, 3.8) is 0 Å². The molecule has 1 saturated heterocycles. The van der Waals surface area contributed by atoms with Crippen LogP contribution >= 0.6 is 0 Å². The first-order valence-corrected chi connectivity index (χ1v) is 5.72. The minimum atomic E-state index is -0.915. The van der Waals surface area contributed by atoms with E-state index >= 15 is 0 Å². The molecule has 2 heterocycles. The fraction of sp³-hybridized carbons (Fsp3) is 0.417. The molecular formula is C12H15N3O3. The van der Waals surface area contributed by atoms with Crippen molar-refractivity contribution < 1.29 is 9.59 Å². The standard InChI is InChI=1S/C12H15N3O3/c1-12(2)11(18)13-6-7-15(12)10(17)8-4-3-5-9(16)14-8/h3-5H,6-7H2,1-2H3,(H,13,18)(H,14,16). The van der Waals surface area contributed by atoms with Gasteiger partial charge in [0.25, 0.3) is 5.91 Å². The topological polar surface area (TPSA) is 82.3 Å². The lowest BCUT2D eigenvalue weighted by Gasteiger charge is -2.41. The van der Waals surface area contributed by atoms with Crippen molar-refractivity contribution in [2.75, 3.05) is 13.1 Å². The molecule has 2 amide bonds. The van der Waals surface area contributed by atoms with Crippen molar-refractivity contribution in [1.82, 2.24) is 15.2 Å². The molecule has 1 aliphatic rings. The van der Waals surface area contributed by atoms with Gasteiger partial charge >= 0.3 is 0 Å². The molecule has 0 bridgehead atoms. The lowest BCUT2D eigenvalue weighted by molar-refractivity contribution is -0.133. The fourth-order valence-electron chi connectivity index (χ4n) is 1.97. The molecular weight excluding hydrogens is 234 g/mol. The Morgan fingerprint density at radius 2 is 2.06 bits per heavy atom. The van der Waals surface area contributed by atoms with Crippen LogP contribution in [0.15, 0.2) is 23.0 Å². The van der Waals surface area contributed by atoms with Gasteiger partial charge in [-0.1, -0.05) is 6.07 Å². The van der Waals surface area contributed by atoms with Crippen LogP contribution in [0.25, 0.3) is 0 Å². The van der Waals surface area contributed by atoms with Crippen molar-refractivity contribution in [3.05, 3.63) is 34.2 Å². The van der Waals surface area contributed by atoms with Gasteiger partial charge < -0.3 is 15.2 Å². The van der Waals surface area contributed by atoms with Crippen molar-refractivity contribution >= 4 is 11.8 Å². The normalized spacial score (nSPS) is 18.3. The third-order valence-corrected chi connectivity index (χ3v) is 3.10. The number of aromatic amines is 1. The molecule has 0 saturated carbocycles. The van der Waals surface area contributed by atoms with Gasteiger partial charge in [0, 0.05) is 19.2 Å². The summed E-state index contributed by atoms with van der Waals surface area (Å²) in [5, 5.41) is 2.72. The number of nitrogens with zero attached hydrogens (tertiary/aromatic N) is 1. The maximum Gasteiger partial charge on any atom is 0.271 e. The number of piperazine rings is 1. The Labute approximate surface area is 104 Å². The molecule has 1 fully saturated rings.